The second kappa shape index (κ2) is 4.84. The Morgan fingerprint density at radius 2 is 2.13 bits per heavy atom. The van der Waals surface area contributed by atoms with Crippen molar-refractivity contribution in [3.63, 3.8) is 0 Å². The van der Waals surface area contributed by atoms with Crippen LogP contribution >= 0.6 is 0 Å². The van der Waals surface area contributed by atoms with Crippen LogP contribution in [0.25, 0.3) is 0 Å². The fourth-order valence-corrected chi connectivity index (χ4v) is 3.23. The van der Waals surface area contributed by atoms with E-state index in [1.54, 1.807) is 0 Å². The second-order valence-corrected chi connectivity index (χ2v) is 5.49. The molecule has 2 saturated heterocycles. The van der Waals surface area contributed by atoms with E-state index in [4.69, 9.17) is 0 Å². The summed E-state index contributed by atoms with van der Waals surface area (Å²) in [5.74, 6) is 0. The van der Waals surface area contributed by atoms with E-state index in [0.717, 1.165) is 6.04 Å². The zero-order chi connectivity index (χ0) is 10.7. The molecular weight excluding hydrogens is 184 g/mol. The second-order valence-electron chi connectivity index (χ2n) is 5.49. The Kier molecular flexibility index (Phi) is 3.68. The highest BCUT2D eigenvalue weighted by molar-refractivity contribution is 4.90. The molecule has 2 heteroatoms. The summed E-state index contributed by atoms with van der Waals surface area (Å²) >= 11 is 0. The van der Waals surface area contributed by atoms with Crippen LogP contribution < -0.4 is 5.32 Å². The van der Waals surface area contributed by atoms with Gasteiger partial charge < -0.3 is 10.2 Å². The molecule has 2 fully saturated rings. The van der Waals surface area contributed by atoms with Crippen LogP contribution in [0.15, 0.2) is 0 Å². The van der Waals surface area contributed by atoms with Crippen LogP contribution in [0.5, 0.6) is 0 Å². The average molecular weight is 210 g/mol. The third-order valence-electron chi connectivity index (χ3n) is 4.66. The summed E-state index contributed by atoms with van der Waals surface area (Å²) in [6, 6.07) is 0.787. The van der Waals surface area contributed by atoms with Crippen molar-refractivity contribution in [2.45, 2.75) is 52.0 Å². The van der Waals surface area contributed by atoms with E-state index in [2.05, 4.69) is 24.1 Å². The van der Waals surface area contributed by atoms with Crippen molar-refractivity contribution in [2.24, 2.45) is 5.41 Å². The molecule has 15 heavy (non-hydrogen) atoms. The maximum atomic E-state index is 3.61. The van der Waals surface area contributed by atoms with E-state index in [-0.39, 0.29) is 0 Å². The van der Waals surface area contributed by atoms with Crippen molar-refractivity contribution in [3.8, 4) is 0 Å². The molecule has 2 heterocycles. The fraction of sp³-hybridized carbons (Fsp3) is 1.00. The van der Waals surface area contributed by atoms with Gasteiger partial charge in [0.05, 0.1) is 0 Å². The fourth-order valence-electron chi connectivity index (χ4n) is 3.23. The van der Waals surface area contributed by atoms with Crippen LogP contribution in [0.4, 0.5) is 0 Å². The van der Waals surface area contributed by atoms with Gasteiger partial charge in [0.15, 0.2) is 0 Å². The summed E-state index contributed by atoms with van der Waals surface area (Å²) in [6.07, 6.45) is 6.91. The Morgan fingerprint density at radius 1 is 1.33 bits per heavy atom. The molecule has 0 spiro atoms. The van der Waals surface area contributed by atoms with Crippen molar-refractivity contribution < 1.29 is 0 Å². The normalized spacial score (nSPS) is 31.2. The summed E-state index contributed by atoms with van der Waals surface area (Å²) in [5.41, 5.74) is 0.651. The molecule has 0 aromatic heterocycles. The molecule has 2 nitrogen and oxygen atoms in total. The lowest BCUT2D eigenvalue weighted by atomic mass is 9.82. The molecule has 1 atom stereocenters. The van der Waals surface area contributed by atoms with Gasteiger partial charge in [-0.2, -0.15) is 0 Å². The van der Waals surface area contributed by atoms with Gasteiger partial charge in [0.1, 0.15) is 0 Å². The standard InChI is InChI=1S/C13H26N2/c1-3-13(4-2)7-9-15(11-13)10-12-6-5-8-14-12/h12,14H,3-11H2,1-2H3/t12-/m0/s1. The Balaban J connectivity index is 1.81. The molecule has 0 amide bonds. The minimum atomic E-state index is 0.651. The predicted octanol–water partition coefficient (Wildman–Crippen LogP) is 2.25. The zero-order valence-electron chi connectivity index (χ0n) is 10.4. The van der Waals surface area contributed by atoms with Gasteiger partial charge in [-0.3, -0.25) is 0 Å². The highest BCUT2D eigenvalue weighted by atomic mass is 15.2. The number of hydrogen-bond donors (Lipinski definition) is 1. The van der Waals surface area contributed by atoms with Crippen molar-refractivity contribution >= 4 is 0 Å². The Bertz CT molecular complexity index is 193. The van der Waals surface area contributed by atoms with Crippen LogP contribution in [0.1, 0.15) is 46.0 Å². The number of likely N-dealkylation sites (tertiary alicyclic amines) is 1. The largest absolute Gasteiger partial charge is 0.313 e. The van der Waals surface area contributed by atoms with Gasteiger partial charge in [0.2, 0.25) is 0 Å². The molecular formula is C13H26N2. The van der Waals surface area contributed by atoms with Crippen LogP contribution in [-0.2, 0) is 0 Å². The smallest absolute Gasteiger partial charge is 0.0195 e. The lowest BCUT2D eigenvalue weighted by molar-refractivity contribution is 0.229. The molecule has 1 N–H and O–H groups in total. The summed E-state index contributed by atoms with van der Waals surface area (Å²) in [4.78, 5) is 2.69. The van der Waals surface area contributed by atoms with Crippen LogP contribution in [0.3, 0.4) is 0 Å². The molecule has 0 bridgehead atoms. The molecule has 2 aliphatic rings. The maximum Gasteiger partial charge on any atom is 0.0195 e. The predicted molar refractivity (Wildman–Crippen MR) is 65.1 cm³/mol. The molecule has 0 radical (unpaired) electrons. The van der Waals surface area contributed by atoms with Gasteiger partial charge in [-0.25, -0.2) is 0 Å². The molecule has 0 aromatic carbocycles. The zero-order valence-corrected chi connectivity index (χ0v) is 10.4. The molecule has 0 saturated carbocycles. The molecule has 0 aromatic rings. The first-order chi connectivity index (χ1) is 7.28. The third kappa shape index (κ3) is 2.54. The first-order valence-corrected chi connectivity index (χ1v) is 6.74. The Morgan fingerprint density at radius 3 is 2.67 bits per heavy atom. The average Bonchev–Trinajstić information content (AvgIpc) is 2.89. The SMILES string of the molecule is CCC1(CC)CCN(C[C@@H]2CCCN2)C1. The van der Waals surface area contributed by atoms with Gasteiger partial charge in [0.25, 0.3) is 0 Å². The lowest BCUT2D eigenvalue weighted by Gasteiger charge is -2.27. The first kappa shape index (κ1) is 11.4. The summed E-state index contributed by atoms with van der Waals surface area (Å²) in [7, 11) is 0. The van der Waals surface area contributed by atoms with E-state index in [0.29, 0.717) is 5.41 Å². The van der Waals surface area contributed by atoms with Crippen LogP contribution in [0, 0.1) is 5.41 Å². The van der Waals surface area contributed by atoms with Crippen molar-refractivity contribution in [3.05, 3.63) is 0 Å². The molecule has 2 rings (SSSR count). The number of hydrogen-bond acceptors (Lipinski definition) is 2. The van der Waals surface area contributed by atoms with E-state index in [9.17, 15) is 0 Å². The highest BCUT2D eigenvalue weighted by Gasteiger charge is 2.35. The van der Waals surface area contributed by atoms with E-state index >= 15 is 0 Å². The maximum absolute atomic E-state index is 3.61. The number of rotatable bonds is 4. The van der Waals surface area contributed by atoms with E-state index in [1.165, 1.54) is 58.3 Å². The van der Waals surface area contributed by atoms with Crippen LogP contribution in [-0.4, -0.2) is 37.1 Å². The summed E-state index contributed by atoms with van der Waals surface area (Å²) in [6.45, 7) is 9.94. The molecule has 0 aliphatic carbocycles. The van der Waals surface area contributed by atoms with Gasteiger partial charge in [-0.1, -0.05) is 13.8 Å². The summed E-state index contributed by atoms with van der Waals surface area (Å²) < 4.78 is 0. The summed E-state index contributed by atoms with van der Waals surface area (Å²) in [5, 5.41) is 3.61. The number of nitrogens with one attached hydrogen (secondary N) is 1. The van der Waals surface area contributed by atoms with Gasteiger partial charge in [-0.05, 0) is 50.6 Å². The highest BCUT2D eigenvalue weighted by Crippen LogP contribution is 2.37. The Hall–Kier alpha value is -0.0800. The van der Waals surface area contributed by atoms with Crippen LogP contribution in [0.2, 0.25) is 0 Å². The lowest BCUT2D eigenvalue weighted by Crippen LogP contribution is -2.37. The van der Waals surface area contributed by atoms with Crippen molar-refractivity contribution in [1.29, 1.82) is 0 Å². The van der Waals surface area contributed by atoms with Crippen molar-refractivity contribution in [2.75, 3.05) is 26.2 Å². The molecule has 0 unspecified atom stereocenters. The first-order valence-electron chi connectivity index (χ1n) is 6.74. The van der Waals surface area contributed by atoms with Gasteiger partial charge >= 0.3 is 0 Å². The third-order valence-corrected chi connectivity index (χ3v) is 4.66. The Labute approximate surface area is 94.4 Å². The van der Waals surface area contributed by atoms with Crippen molar-refractivity contribution in [1.82, 2.24) is 10.2 Å². The molecule has 88 valence electrons. The van der Waals surface area contributed by atoms with E-state index < -0.39 is 0 Å². The van der Waals surface area contributed by atoms with Gasteiger partial charge in [0, 0.05) is 19.1 Å². The van der Waals surface area contributed by atoms with E-state index in [1.807, 2.05) is 0 Å². The molecule has 2 aliphatic heterocycles. The monoisotopic (exact) mass is 210 g/mol. The minimum absolute atomic E-state index is 0.651. The minimum Gasteiger partial charge on any atom is -0.313 e. The van der Waals surface area contributed by atoms with Gasteiger partial charge in [-0.15, -0.1) is 0 Å². The quantitative estimate of drug-likeness (QED) is 0.765. The number of nitrogens with zero attached hydrogens (tertiary/aromatic N) is 1. The topological polar surface area (TPSA) is 15.3 Å².